The van der Waals surface area contributed by atoms with Crippen LogP contribution in [0.25, 0.3) is 0 Å². The molecule has 61 heavy (non-hydrogen) atoms. The molecule has 361 valence electrons. The number of rotatable bonds is 45. The fourth-order valence-electron chi connectivity index (χ4n) is 7.50. The molecule has 0 aromatic heterocycles. The van der Waals surface area contributed by atoms with Gasteiger partial charge in [-0.1, -0.05) is 253 Å². The molecule has 0 aromatic carbocycles. The summed E-state index contributed by atoms with van der Waals surface area (Å²) in [6, 6.07) is 0. The Hall–Kier alpha value is 1.41. The van der Waals surface area contributed by atoms with Gasteiger partial charge in [-0.2, -0.15) is 0 Å². The van der Waals surface area contributed by atoms with Crippen molar-refractivity contribution in [2.45, 2.75) is 310 Å². The molecule has 9 nitrogen and oxygen atoms in total. The van der Waals surface area contributed by atoms with Crippen LogP contribution in [0.4, 0.5) is 0 Å². The Kier molecular flexibility index (Phi) is 67.2. The molecule has 6 atom stereocenters. The van der Waals surface area contributed by atoms with E-state index in [1.54, 1.807) is 0 Å². The summed E-state index contributed by atoms with van der Waals surface area (Å²) in [5, 5.41) is 0. The van der Waals surface area contributed by atoms with Crippen LogP contribution in [-0.2, 0) is 27.3 Å². The fraction of sp³-hybridized carbons (Fsp3) is 1.00. The summed E-state index contributed by atoms with van der Waals surface area (Å²) in [5.74, 6) is 0. The van der Waals surface area contributed by atoms with Crippen molar-refractivity contribution < 1.29 is 82.8 Å². The van der Waals surface area contributed by atoms with Gasteiger partial charge in [-0.05, 0) is 52.2 Å². The monoisotopic (exact) mass is 1050 g/mol. The molecular weight excluding hydrogens is 958 g/mol. The first-order chi connectivity index (χ1) is 29.1. The molecule has 0 saturated heterocycles. The summed E-state index contributed by atoms with van der Waals surface area (Å²) >= 11 is 0. The van der Waals surface area contributed by atoms with Gasteiger partial charge in [0.2, 0.25) is 0 Å². The molecule has 0 aromatic rings. The van der Waals surface area contributed by atoms with Crippen LogP contribution in [0.15, 0.2) is 0 Å². The second kappa shape index (κ2) is 59.4. The maximum absolute atomic E-state index is 10.7. The third kappa shape index (κ3) is 63.5. The SMILES string of the molecule is CCCCCCCCC(CCCCCCC)O[P+](=O)[O-].CCCCCCCCC(CCCCCCC)O[P+](=O)[O-].CCCCCCCCC(CCCCCCC)O[P+](=O)[O-].[Nd+3]. The van der Waals surface area contributed by atoms with Gasteiger partial charge in [0, 0.05) is 0 Å². The van der Waals surface area contributed by atoms with Crippen molar-refractivity contribution >= 4 is 24.8 Å². The second-order valence-electron chi connectivity index (χ2n) is 17.1. The molecule has 1 radical (unpaired) electrons. The third-order valence-corrected chi connectivity index (χ3v) is 12.6. The molecule has 0 saturated carbocycles. The first-order valence-electron chi connectivity index (χ1n) is 25.5. The summed E-state index contributed by atoms with van der Waals surface area (Å²) in [6.45, 7) is 13.2. The Morgan fingerprint density at radius 1 is 0.279 bits per heavy atom. The smallest absolute Gasteiger partial charge is 0.566 e. The number of hydrogen-bond acceptors (Lipinski definition) is 9. The minimum absolute atomic E-state index is 0. The van der Waals surface area contributed by atoms with Gasteiger partial charge in [0.25, 0.3) is 0 Å². The standard InChI is InChI=1S/3C16H33O3P.Nd/c3*1-3-5-7-9-11-13-15-16(19-20(17)18)14-12-10-8-6-4-2;/h3*16H,3-15H2,1-2H3;/q;;;+3. The molecule has 0 rings (SSSR count). The second-order valence-corrected chi connectivity index (χ2v) is 19.1. The minimum atomic E-state index is -2.70. The molecule has 0 heterocycles. The predicted molar refractivity (Wildman–Crippen MR) is 252 cm³/mol. The van der Waals surface area contributed by atoms with E-state index in [4.69, 9.17) is 13.6 Å². The molecule has 0 amide bonds. The number of hydrogen-bond donors (Lipinski definition) is 0. The Balaban J connectivity index is -0.000000396. The Morgan fingerprint density at radius 3 is 0.541 bits per heavy atom. The Labute approximate surface area is 414 Å². The predicted octanol–water partition coefficient (Wildman–Crippen LogP) is 16.5. The van der Waals surface area contributed by atoms with Crippen molar-refractivity contribution in [2.24, 2.45) is 0 Å². The zero-order valence-electron chi connectivity index (χ0n) is 40.8. The maximum atomic E-state index is 10.7. The van der Waals surface area contributed by atoms with E-state index in [2.05, 4.69) is 41.5 Å². The van der Waals surface area contributed by atoms with Gasteiger partial charge in [-0.15, -0.1) is 13.6 Å². The van der Waals surface area contributed by atoms with Crippen LogP contribution < -0.4 is 14.7 Å². The zero-order chi connectivity index (χ0) is 45.2. The molecule has 0 fully saturated rings. The first kappa shape index (κ1) is 69.0. The Bertz CT molecular complexity index is 782. The van der Waals surface area contributed by atoms with Gasteiger partial charge in [-0.25, -0.2) is 0 Å². The van der Waals surface area contributed by atoms with Gasteiger partial charge in [-0.3, -0.25) is 0 Å². The first-order valence-corrected chi connectivity index (χ1v) is 28.8. The molecule has 0 bridgehead atoms. The van der Waals surface area contributed by atoms with E-state index in [9.17, 15) is 28.4 Å². The van der Waals surface area contributed by atoms with Crippen molar-refractivity contribution in [2.75, 3.05) is 0 Å². The van der Waals surface area contributed by atoms with Crippen LogP contribution in [0.3, 0.4) is 0 Å². The van der Waals surface area contributed by atoms with Crippen LogP contribution in [0.1, 0.15) is 292 Å². The van der Waals surface area contributed by atoms with Gasteiger partial charge < -0.3 is 14.7 Å². The van der Waals surface area contributed by atoms with Crippen LogP contribution in [0.5, 0.6) is 0 Å². The molecule has 0 spiro atoms. The molecule has 13 heteroatoms. The summed E-state index contributed by atoms with van der Waals surface area (Å²) < 4.78 is 47.3. The summed E-state index contributed by atoms with van der Waals surface area (Å²) in [5.41, 5.74) is 0. The van der Waals surface area contributed by atoms with Crippen LogP contribution >= 0.6 is 24.8 Å². The van der Waals surface area contributed by atoms with E-state index < -0.39 is 24.8 Å². The normalized spacial score (nSPS) is 13.2. The van der Waals surface area contributed by atoms with E-state index in [1.807, 2.05) is 0 Å². The van der Waals surface area contributed by atoms with Crippen LogP contribution in [0.2, 0.25) is 0 Å². The Morgan fingerprint density at radius 2 is 0.410 bits per heavy atom. The van der Waals surface area contributed by atoms with Gasteiger partial charge >= 0.3 is 65.6 Å². The summed E-state index contributed by atoms with van der Waals surface area (Å²) in [6.07, 6.45) is 45.5. The molecule has 6 unspecified atom stereocenters. The molecular formula is C48H99NdO9P3+3. The summed E-state index contributed by atoms with van der Waals surface area (Å²) in [7, 11) is -8.09. The van der Waals surface area contributed by atoms with Crippen LogP contribution in [-0.4, -0.2) is 18.3 Å². The average molecular weight is 1060 g/mol. The summed E-state index contributed by atoms with van der Waals surface area (Å²) in [4.78, 5) is 32.2. The molecule has 0 aliphatic carbocycles. The maximum Gasteiger partial charge on any atom is 3.00 e. The van der Waals surface area contributed by atoms with Crippen molar-refractivity contribution in [3.8, 4) is 0 Å². The molecule has 0 aliphatic heterocycles. The van der Waals surface area contributed by atoms with E-state index >= 15 is 0 Å². The van der Waals surface area contributed by atoms with Crippen molar-refractivity contribution in [1.29, 1.82) is 0 Å². The largest absolute Gasteiger partial charge is 3.00 e. The third-order valence-electron chi connectivity index (χ3n) is 11.2. The van der Waals surface area contributed by atoms with Crippen molar-refractivity contribution in [3.63, 3.8) is 0 Å². The fourth-order valence-corrected chi connectivity index (χ4v) is 8.86. The van der Waals surface area contributed by atoms with E-state index in [0.29, 0.717) is 0 Å². The molecule has 0 N–H and O–H groups in total. The quantitative estimate of drug-likeness (QED) is 0.0429. The van der Waals surface area contributed by atoms with Gasteiger partial charge in [0.05, 0.1) is 0 Å². The van der Waals surface area contributed by atoms with E-state index in [0.717, 1.165) is 77.0 Å². The van der Waals surface area contributed by atoms with Gasteiger partial charge in [0.15, 0.2) is 0 Å². The van der Waals surface area contributed by atoms with E-state index in [1.165, 1.54) is 173 Å². The topological polar surface area (TPSA) is 148 Å². The van der Waals surface area contributed by atoms with Crippen molar-refractivity contribution in [1.82, 2.24) is 0 Å². The van der Waals surface area contributed by atoms with Crippen molar-refractivity contribution in [3.05, 3.63) is 0 Å². The molecule has 0 aliphatic rings. The minimum Gasteiger partial charge on any atom is -0.566 e. The van der Waals surface area contributed by atoms with E-state index in [-0.39, 0.29) is 59.2 Å². The average Bonchev–Trinajstić information content (AvgIpc) is 3.21. The van der Waals surface area contributed by atoms with Gasteiger partial charge in [0.1, 0.15) is 18.3 Å². The number of unbranched alkanes of at least 4 members (excludes halogenated alkanes) is 27. The van der Waals surface area contributed by atoms with Crippen LogP contribution in [0, 0.1) is 40.8 Å². The zero-order valence-corrected chi connectivity index (χ0v) is 46.7.